The van der Waals surface area contributed by atoms with Gasteiger partial charge in [0, 0.05) is 154 Å². The van der Waals surface area contributed by atoms with Crippen molar-refractivity contribution in [3.05, 3.63) is 0 Å². The number of carbonyl (C=O) groups excluding carboxylic acids is 13. The third-order valence-corrected chi connectivity index (χ3v) is 28.4. The fourth-order valence-electron chi connectivity index (χ4n) is 18.3. The van der Waals surface area contributed by atoms with E-state index in [2.05, 4.69) is 66.5 Å². The van der Waals surface area contributed by atoms with E-state index >= 15 is 4.79 Å². The molecule has 0 aromatic heterocycles. The number of likely N-dealkylation sites (tertiary alicyclic amines) is 1. The summed E-state index contributed by atoms with van der Waals surface area (Å²) < 4.78 is 89.0. The van der Waals surface area contributed by atoms with Gasteiger partial charge in [-0.3, -0.25) is 62.3 Å². The predicted molar refractivity (Wildman–Crippen MR) is 495 cm³/mol. The Balaban J connectivity index is 1.30. The monoisotopic (exact) mass is 1910 g/mol. The van der Waals surface area contributed by atoms with E-state index in [1.165, 1.54) is 34.6 Å². The van der Waals surface area contributed by atoms with E-state index in [0.717, 1.165) is 32.1 Å². The average molecular weight is 1910 g/mol. The Morgan fingerprint density at radius 3 is 1.37 bits per heavy atom. The quantitative estimate of drug-likeness (QED) is 0.0170. The minimum absolute atomic E-state index is 0.00449. The van der Waals surface area contributed by atoms with Gasteiger partial charge in [0.05, 0.1) is 115 Å². The van der Waals surface area contributed by atoms with Gasteiger partial charge >= 0.3 is 17.9 Å². The molecule has 0 aliphatic carbocycles. The Morgan fingerprint density at radius 2 is 0.851 bits per heavy atom. The zero-order chi connectivity index (χ0) is 99.2. The molecule has 5 saturated heterocycles. The van der Waals surface area contributed by atoms with Gasteiger partial charge in [-0.05, 0) is 105 Å². The zero-order valence-electron chi connectivity index (χ0n) is 84.1. The molecular formula is C98H169N7O29. The van der Waals surface area contributed by atoms with Crippen LogP contribution < -0.4 is 31.9 Å². The van der Waals surface area contributed by atoms with Crippen LogP contribution in [-0.4, -0.2) is 292 Å². The van der Waals surface area contributed by atoms with Crippen molar-refractivity contribution < 1.29 is 138 Å². The highest BCUT2D eigenvalue weighted by molar-refractivity contribution is 5.93. The van der Waals surface area contributed by atoms with Crippen molar-refractivity contribution in [2.75, 3.05) is 125 Å². The molecule has 5 fully saturated rings. The van der Waals surface area contributed by atoms with E-state index < -0.39 is 103 Å². The Kier molecular flexibility index (Phi) is 54.7. The summed E-state index contributed by atoms with van der Waals surface area (Å²) in [5, 5.41) is 27.5. The van der Waals surface area contributed by atoms with Crippen LogP contribution in [0.15, 0.2) is 0 Å². The maximum absolute atomic E-state index is 15.0. The minimum atomic E-state index is -1.32. The third kappa shape index (κ3) is 40.6. The molecule has 4 unspecified atom stereocenters. The summed E-state index contributed by atoms with van der Waals surface area (Å²) in [5.41, 5.74) is -0.577. The van der Waals surface area contributed by atoms with Crippen molar-refractivity contribution in [2.24, 2.45) is 70.0 Å². The largest absolute Gasteiger partial charge is 0.463 e. The molecule has 36 nitrogen and oxygen atoms in total. The molecular weight excluding hydrogens is 1740 g/mol. The van der Waals surface area contributed by atoms with Gasteiger partial charge in [0.15, 0.2) is 30.9 Å². The standard InChI is InChI=1S/C98H169N7O29/c1-20-81-63(6)65(8)88(101-70(13)107)95(131-81)126-54-50-122-45-41-99-85(115)40-38-78(80(114)33-30-44-121-48-53-127-96-89(102-71(14)108)66(9)64(7)84(134-96)57-129-73(16)110)103-86(116)39-35-75(55-77(113)31-27-25-23-24-26-28-34-87(117)105-58-97(18,22-3)98(19,59-105)60-106)91(118)104-79(92(119)100-42-46-123-49-52-124-93-68(11)61(4)62(5)83(133-93)56-128-72(15)109)37-36-76(112)32-29-43-120-47-51-125-94-69(12)67(10)90(130-74(17)111)82(21-2)132-94/h61-69,75,78-79,81-84,88-90,93-96,106H,20-60H2,1-19H3,(H,99,115)(H,100,119)(H,101,107)(H,102,108)(H,103,116)(H,104,118)/t61-,62+,63+,64+,65-,66-,67+,68+,69+,75-,78+,79+,81+,82+,83+,84+,88+,89+,90+,93?,94?,95?,96?,97-,98-/m0/s1. The number of ketones is 3. The fraction of sp³-hybridized carbons (Fsp3) is 0.867. The van der Waals surface area contributed by atoms with Crippen LogP contribution in [0.5, 0.6) is 0 Å². The number of hydrogen-bond donors (Lipinski definition) is 7. The Bertz CT molecular complexity index is 3560. The number of aliphatic hydroxyl groups excluding tert-OH is 1. The molecule has 134 heavy (non-hydrogen) atoms. The molecule has 25 atom stereocenters. The van der Waals surface area contributed by atoms with Crippen LogP contribution in [0, 0.1) is 70.0 Å². The van der Waals surface area contributed by atoms with Crippen molar-refractivity contribution in [3.63, 3.8) is 0 Å². The van der Waals surface area contributed by atoms with Crippen LogP contribution in [0.2, 0.25) is 0 Å². The van der Waals surface area contributed by atoms with Crippen molar-refractivity contribution in [2.45, 2.75) is 353 Å². The van der Waals surface area contributed by atoms with Gasteiger partial charge in [-0.25, -0.2) is 0 Å². The van der Waals surface area contributed by atoms with Crippen LogP contribution in [0.1, 0.15) is 273 Å². The number of carbonyl (C=O) groups is 13. The number of amides is 7. The van der Waals surface area contributed by atoms with Gasteiger partial charge in [0.1, 0.15) is 36.9 Å². The SMILES string of the molecule is CC[C@H]1OC(OCCOCCNC(=O)CC[C@@H](NC(=O)CC[C@@H](CC(=O)CCCCCCCCC(=O)N2C[C@](C)(CC)[C@](C)(CO)C2)C(=O)N[C@H](CCC(=O)CCCOCCOC2O[C@H](CC)[C@H](OC(C)=O)[C@H](C)[C@H]2C)C(=O)NCCOCCOC2O[C@H](COC(C)=O)[C@H](C)[C@H](C)[C@H]2C)C(=O)CCCOCCOC2O[C@H](COC(C)=O)[C@H](C)[C@H](C)[C@H]2NC(C)=O)[C@H](NC(C)=O)[C@@H](C)[C@H]1C. The smallest absolute Gasteiger partial charge is 0.303 e. The molecule has 5 aliphatic rings. The first-order chi connectivity index (χ1) is 63.7. The molecule has 5 heterocycles. The number of aliphatic hydroxyl groups is 1. The molecule has 0 aromatic rings. The number of nitrogens with one attached hydrogen (secondary N) is 6. The second-order valence-electron chi connectivity index (χ2n) is 38.4. The summed E-state index contributed by atoms with van der Waals surface area (Å²) in [6.07, 6.45) is 1.38. The number of hydrogen-bond acceptors (Lipinski definition) is 29. The summed E-state index contributed by atoms with van der Waals surface area (Å²) in [6, 6.07) is -3.43. The summed E-state index contributed by atoms with van der Waals surface area (Å²) in [6.45, 7) is 37.9. The molecule has 7 N–H and O–H groups in total. The number of rotatable bonds is 66. The lowest BCUT2D eigenvalue weighted by Crippen LogP contribution is -2.58. The molecule has 36 heteroatoms. The third-order valence-electron chi connectivity index (χ3n) is 28.4. The first-order valence-corrected chi connectivity index (χ1v) is 49.7. The molecule has 5 aliphatic heterocycles. The fourth-order valence-corrected chi connectivity index (χ4v) is 18.3. The summed E-state index contributed by atoms with van der Waals surface area (Å²) in [5.74, 6) is -6.14. The molecule has 0 aromatic carbocycles. The molecule has 770 valence electrons. The number of nitrogens with zero attached hydrogens (tertiary/aromatic N) is 1. The highest BCUT2D eigenvalue weighted by Gasteiger charge is 2.52. The molecule has 0 radical (unpaired) electrons. The molecule has 0 bridgehead atoms. The maximum atomic E-state index is 15.0. The summed E-state index contributed by atoms with van der Waals surface area (Å²) in [4.78, 5) is 175. The number of ether oxygens (including phenoxy) is 15. The van der Waals surface area contributed by atoms with E-state index in [9.17, 15) is 62.6 Å². The second-order valence-corrected chi connectivity index (χ2v) is 38.4. The topological polar surface area (TPSA) is 456 Å². The average Bonchev–Trinajstić information content (AvgIpc) is 1.61. The summed E-state index contributed by atoms with van der Waals surface area (Å²) >= 11 is 0. The Labute approximate surface area is 796 Å². The minimum Gasteiger partial charge on any atom is -0.463 e. The predicted octanol–water partition coefficient (Wildman–Crippen LogP) is 8.83. The molecule has 0 saturated carbocycles. The van der Waals surface area contributed by atoms with Gasteiger partial charge in [0.2, 0.25) is 41.4 Å². The number of esters is 3. The number of unbranched alkanes of at least 4 members (excludes halogenated alkanes) is 5. The van der Waals surface area contributed by atoms with Crippen LogP contribution in [0.3, 0.4) is 0 Å². The highest BCUT2D eigenvalue weighted by atomic mass is 16.7. The van der Waals surface area contributed by atoms with Gasteiger partial charge in [-0.2, -0.15) is 0 Å². The van der Waals surface area contributed by atoms with E-state index in [1.54, 1.807) is 0 Å². The molecule has 7 amide bonds. The van der Waals surface area contributed by atoms with Gasteiger partial charge in [0.25, 0.3) is 0 Å². The maximum Gasteiger partial charge on any atom is 0.303 e. The van der Waals surface area contributed by atoms with Gasteiger partial charge in [-0.15, -0.1) is 0 Å². The first-order valence-electron chi connectivity index (χ1n) is 49.7. The Hall–Kier alpha value is -6.81. The van der Waals surface area contributed by atoms with E-state index in [0.29, 0.717) is 51.6 Å². The number of Topliss-reactive ketones (excluding diaryl/α,β-unsaturated/α-hetero) is 3. The zero-order valence-corrected chi connectivity index (χ0v) is 84.1. The van der Waals surface area contributed by atoms with Crippen molar-refractivity contribution >= 4 is 76.6 Å². The van der Waals surface area contributed by atoms with E-state index in [-0.39, 0.29) is 307 Å². The highest BCUT2D eigenvalue weighted by Crippen LogP contribution is 2.48. The first kappa shape index (κ1) is 118. The van der Waals surface area contributed by atoms with Crippen molar-refractivity contribution in [1.82, 2.24) is 36.8 Å². The molecule has 5 rings (SSSR count). The second kappa shape index (κ2) is 62.3. The lowest BCUT2D eigenvalue weighted by atomic mass is 9.67. The normalized spacial score (nSPS) is 28.7. The molecule has 0 spiro atoms. The van der Waals surface area contributed by atoms with Crippen LogP contribution in [0.4, 0.5) is 0 Å². The van der Waals surface area contributed by atoms with E-state index in [1.807, 2.05) is 67.2 Å². The van der Waals surface area contributed by atoms with Gasteiger partial charge < -0.3 is 113 Å². The summed E-state index contributed by atoms with van der Waals surface area (Å²) in [7, 11) is 0. The van der Waals surface area contributed by atoms with E-state index in [4.69, 9.17) is 71.1 Å². The Morgan fingerprint density at radius 1 is 0.403 bits per heavy atom. The van der Waals surface area contributed by atoms with Crippen molar-refractivity contribution in [1.29, 1.82) is 0 Å². The van der Waals surface area contributed by atoms with Crippen LogP contribution in [0.25, 0.3) is 0 Å². The van der Waals surface area contributed by atoms with Crippen LogP contribution in [-0.2, 0) is 133 Å². The van der Waals surface area contributed by atoms with Gasteiger partial charge in [-0.1, -0.05) is 123 Å². The lowest BCUT2D eigenvalue weighted by Gasteiger charge is -2.44. The van der Waals surface area contributed by atoms with Crippen molar-refractivity contribution in [3.8, 4) is 0 Å². The van der Waals surface area contributed by atoms with Crippen LogP contribution >= 0.6 is 0 Å². The lowest BCUT2D eigenvalue weighted by molar-refractivity contribution is -0.269.